The summed E-state index contributed by atoms with van der Waals surface area (Å²) in [5.41, 5.74) is 2.00. The quantitative estimate of drug-likeness (QED) is 0.621. The molecule has 0 radical (unpaired) electrons. The van der Waals surface area contributed by atoms with Crippen molar-refractivity contribution in [3.05, 3.63) is 58.6 Å². The fraction of sp³-hybridized carbons (Fsp3) is 0.318. The number of carbonyl (C=O) groups excluding carboxylic acids is 1. The largest absolute Gasteiger partial charge is 0.493 e. The number of amides is 1. The molecule has 0 aliphatic rings. The molecule has 28 heavy (non-hydrogen) atoms. The lowest BCUT2D eigenvalue weighted by atomic mass is 10.1. The second kappa shape index (κ2) is 11.2. The van der Waals surface area contributed by atoms with E-state index in [1.807, 2.05) is 30.3 Å². The van der Waals surface area contributed by atoms with Crippen LogP contribution in [0.2, 0.25) is 5.02 Å². The molecule has 1 unspecified atom stereocenters. The predicted octanol–water partition coefficient (Wildman–Crippen LogP) is 3.28. The van der Waals surface area contributed by atoms with E-state index < -0.39 is 6.10 Å². The van der Waals surface area contributed by atoms with Gasteiger partial charge in [0.1, 0.15) is 12.7 Å². The molecule has 6 heteroatoms. The average Bonchev–Trinajstić information content (AvgIpc) is 2.72. The number of hydrogen-bond donors (Lipinski definition) is 1. The molecular formula is C22H24ClNO4. The molecule has 2 rings (SSSR count). The summed E-state index contributed by atoms with van der Waals surface area (Å²) in [6.07, 6.45) is 5.78. The van der Waals surface area contributed by atoms with Crippen LogP contribution in [0.15, 0.2) is 42.5 Å². The Morgan fingerprint density at radius 3 is 2.50 bits per heavy atom. The Hall–Kier alpha value is -2.68. The standard InChI is InChI=1S/C22H24ClNO4/c1-4-13-28-19-10-7-17(14-20(19)26-2)11-12-24-22(25)21(27-3)15-16-5-8-18(23)9-6-16/h1,5-10,14,21H,11-13,15H2,2-3H3,(H,24,25). The van der Waals surface area contributed by atoms with Crippen LogP contribution in [0.3, 0.4) is 0 Å². The SMILES string of the molecule is C#CCOc1ccc(CCNC(=O)C(Cc2ccc(Cl)cc2)OC)cc1OC. The Morgan fingerprint density at radius 2 is 1.86 bits per heavy atom. The summed E-state index contributed by atoms with van der Waals surface area (Å²) in [5.74, 6) is 3.47. The number of carbonyl (C=O) groups is 1. The van der Waals surface area contributed by atoms with Gasteiger partial charge in [-0.25, -0.2) is 0 Å². The number of hydrogen-bond acceptors (Lipinski definition) is 4. The van der Waals surface area contributed by atoms with Crippen molar-refractivity contribution in [3.63, 3.8) is 0 Å². The zero-order valence-corrected chi connectivity index (χ0v) is 16.8. The normalized spacial score (nSPS) is 11.4. The number of halogens is 1. The summed E-state index contributed by atoms with van der Waals surface area (Å²) in [5, 5.41) is 3.57. The maximum Gasteiger partial charge on any atom is 0.249 e. The Bertz CT molecular complexity index is 814. The molecule has 5 nitrogen and oxygen atoms in total. The third-order valence-corrected chi connectivity index (χ3v) is 4.42. The molecule has 0 aliphatic carbocycles. The van der Waals surface area contributed by atoms with Crippen LogP contribution in [0.5, 0.6) is 11.5 Å². The third-order valence-electron chi connectivity index (χ3n) is 4.16. The van der Waals surface area contributed by atoms with E-state index in [2.05, 4.69) is 11.2 Å². The smallest absolute Gasteiger partial charge is 0.249 e. The van der Waals surface area contributed by atoms with Crippen molar-refractivity contribution in [2.45, 2.75) is 18.9 Å². The van der Waals surface area contributed by atoms with Crippen LogP contribution in [-0.2, 0) is 22.4 Å². The monoisotopic (exact) mass is 401 g/mol. The molecule has 0 bridgehead atoms. The number of terminal acetylenes is 1. The van der Waals surface area contributed by atoms with E-state index in [9.17, 15) is 4.79 Å². The van der Waals surface area contributed by atoms with Gasteiger partial charge in [0, 0.05) is 25.1 Å². The number of ether oxygens (including phenoxy) is 3. The molecule has 0 saturated heterocycles. The summed E-state index contributed by atoms with van der Waals surface area (Å²) in [7, 11) is 3.10. The maximum absolute atomic E-state index is 12.4. The van der Waals surface area contributed by atoms with Crippen molar-refractivity contribution >= 4 is 17.5 Å². The van der Waals surface area contributed by atoms with E-state index in [-0.39, 0.29) is 12.5 Å². The molecule has 2 aromatic rings. The average molecular weight is 402 g/mol. The van der Waals surface area contributed by atoms with Crippen LogP contribution in [0, 0.1) is 12.3 Å². The van der Waals surface area contributed by atoms with Crippen molar-refractivity contribution in [1.82, 2.24) is 5.32 Å². The third kappa shape index (κ3) is 6.49. The van der Waals surface area contributed by atoms with Crippen molar-refractivity contribution < 1.29 is 19.0 Å². The highest BCUT2D eigenvalue weighted by Gasteiger charge is 2.18. The summed E-state index contributed by atoms with van der Waals surface area (Å²) in [6.45, 7) is 0.658. The van der Waals surface area contributed by atoms with Crippen LogP contribution in [-0.4, -0.2) is 39.4 Å². The molecule has 0 aromatic heterocycles. The molecular weight excluding hydrogens is 378 g/mol. The van der Waals surface area contributed by atoms with Gasteiger partial charge in [-0.2, -0.15) is 0 Å². The first kappa shape index (κ1) is 21.6. The van der Waals surface area contributed by atoms with Gasteiger partial charge in [0.2, 0.25) is 5.91 Å². The van der Waals surface area contributed by atoms with Crippen molar-refractivity contribution in [1.29, 1.82) is 0 Å². The second-order valence-electron chi connectivity index (χ2n) is 6.07. The molecule has 0 heterocycles. The first-order chi connectivity index (χ1) is 13.6. The van der Waals surface area contributed by atoms with E-state index in [1.54, 1.807) is 19.2 Å². The number of methoxy groups -OCH3 is 2. The topological polar surface area (TPSA) is 56.8 Å². The molecule has 0 fully saturated rings. The number of nitrogens with one attached hydrogen (secondary N) is 1. The molecule has 1 amide bonds. The van der Waals surface area contributed by atoms with Crippen LogP contribution in [0.4, 0.5) is 0 Å². The van der Waals surface area contributed by atoms with E-state index >= 15 is 0 Å². The Morgan fingerprint density at radius 1 is 1.14 bits per heavy atom. The minimum atomic E-state index is -0.560. The number of rotatable bonds is 10. The van der Waals surface area contributed by atoms with Gasteiger partial charge in [0.25, 0.3) is 0 Å². The Labute approximate surface area is 170 Å². The van der Waals surface area contributed by atoms with Gasteiger partial charge < -0.3 is 19.5 Å². The van der Waals surface area contributed by atoms with E-state index in [4.69, 9.17) is 32.2 Å². The first-order valence-corrected chi connectivity index (χ1v) is 9.23. The summed E-state index contributed by atoms with van der Waals surface area (Å²) < 4.78 is 16.1. The highest BCUT2D eigenvalue weighted by molar-refractivity contribution is 6.30. The van der Waals surface area contributed by atoms with Gasteiger partial charge >= 0.3 is 0 Å². The lowest BCUT2D eigenvalue weighted by Crippen LogP contribution is -2.38. The van der Waals surface area contributed by atoms with Crippen molar-refractivity contribution in [2.24, 2.45) is 0 Å². The Balaban J connectivity index is 1.87. The lowest BCUT2D eigenvalue weighted by molar-refractivity contribution is -0.130. The molecule has 2 aromatic carbocycles. The van der Waals surface area contributed by atoms with Crippen LogP contribution in [0.1, 0.15) is 11.1 Å². The van der Waals surface area contributed by atoms with Gasteiger partial charge in [-0.05, 0) is 41.8 Å². The highest BCUT2D eigenvalue weighted by atomic mass is 35.5. The van der Waals surface area contributed by atoms with Crippen LogP contribution in [0.25, 0.3) is 0 Å². The predicted molar refractivity (Wildman–Crippen MR) is 110 cm³/mol. The van der Waals surface area contributed by atoms with E-state index in [0.717, 1.165) is 11.1 Å². The van der Waals surface area contributed by atoms with Crippen LogP contribution >= 0.6 is 11.6 Å². The highest BCUT2D eigenvalue weighted by Crippen LogP contribution is 2.28. The summed E-state index contributed by atoms with van der Waals surface area (Å²) in [4.78, 5) is 12.4. The van der Waals surface area contributed by atoms with Crippen LogP contribution < -0.4 is 14.8 Å². The number of benzene rings is 2. The maximum atomic E-state index is 12.4. The summed E-state index contributed by atoms with van der Waals surface area (Å²) in [6, 6.07) is 13.0. The zero-order chi connectivity index (χ0) is 20.4. The molecule has 0 spiro atoms. The zero-order valence-electron chi connectivity index (χ0n) is 16.0. The van der Waals surface area contributed by atoms with Gasteiger partial charge in [-0.15, -0.1) is 6.42 Å². The van der Waals surface area contributed by atoms with Gasteiger partial charge in [-0.3, -0.25) is 4.79 Å². The lowest BCUT2D eigenvalue weighted by Gasteiger charge is -2.16. The minimum Gasteiger partial charge on any atom is -0.493 e. The van der Waals surface area contributed by atoms with Gasteiger partial charge in [0.15, 0.2) is 11.5 Å². The molecule has 148 valence electrons. The minimum absolute atomic E-state index is 0.154. The molecule has 0 aliphatic heterocycles. The van der Waals surface area contributed by atoms with E-state index in [0.29, 0.717) is 35.9 Å². The van der Waals surface area contributed by atoms with Gasteiger partial charge in [0.05, 0.1) is 7.11 Å². The first-order valence-electron chi connectivity index (χ1n) is 8.85. The molecule has 1 N–H and O–H groups in total. The molecule has 1 atom stereocenters. The molecule has 0 saturated carbocycles. The van der Waals surface area contributed by atoms with E-state index in [1.165, 1.54) is 7.11 Å². The Kier molecular flexibility index (Phi) is 8.67. The fourth-order valence-electron chi connectivity index (χ4n) is 2.67. The van der Waals surface area contributed by atoms with Crippen molar-refractivity contribution in [3.8, 4) is 23.8 Å². The summed E-state index contributed by atoms with van der Waals surface area (Å²) >= 11 is 5.89. The van der Waals surface area contributed by atoms with Gasteiger partial charge in [-0.1, -0.05) is 35.7 Å². The second-order valence-corrected chi connectivity index (χ2v) is 6.51. The van der Waals surface area contributed by atoms with Crippen molar-refractivity contribution in [2.75, 3.05) is 27.4 Å². The fourth-order valence-corrected chi connectivity index (χ4v) is 2.79.